The van der Waals surface area contributed by atoms with E-state index in [1.54, 1.807) is 48.7 Å². The molecule has 1 aliphatic carbocycles. The van der Waals surface area contributed by atoms with Gasteiger partial charge in [-0.05, 0) is 31.2 Å². The van der Waals surface area contributed by atoms with E-state index < -0.39 is 10.0 Å². The first-order chi connectivity index (χ1) is 10.5. The Kier molecular flexibility index (Phi) is 3.80. The summed E-state index contributed by atoms with van der Waals surface area (Å²) in [6.45, 7) is 1.81. The summed E-state index contributed by atoms with van der Waals surface area (Å²) < 4.78 is 28.6. The molecule has 0 aromatic heterocycles. The minimum absolute atomic E-state index is 0.125. The predicted octanol–water partition coefficient (Wildman–Crippen LogP) is 2.56. The SMILES string of the molecule is CC1=NC2C=CC(NS(=O)(=O)c3ccccc3)=CC2=CN1Cl. The van der Waals surface area contributed by atoms with E-state index in [1.165, 1.54) is 4.42 Å². The molecule has 2 aliphatic rings. The first-order valence-corrected chi connectivity index (χ1v) is 8.47. The van der Waals surface area contributed by atoms with Gasteiger partial charge in [0.1, 0.15) is 5.84 Å². The summed E-state index contributed by atoms with van der Waals surface area (Å²) in [4.78, 5) is 4.63. The zero-order chi connectivity index (χ0) is 15.7. The molecule has 0 saturated carbocycles. The topological polar surface area (TPSA) is 61.8 Å². The van der Waals surface area contributed by atoms with Gasteiger partial charge in [0.25, 0.3) is 10.0 Å². The van der Waals surface area contributed by atoms with E-state index in [4.69, 9.17) is 11.8 Å². The Morgan fingerprint density at radius 3 is 2.73 bits per heavy atom. The van der Waals surface area contributed by atoms with Crippen LogP contribution in [0.5, 0.6) is 0 Å². The van der Waals surface area contributed by atoms with E-state index in [1.807, 2.05) is 13.0 Å². The van der Waals surface area contributed by atoms with Crippen LogP contribution in [0.25, 0.3) is 0 Å². The molecule has 7 heteroatoms. The van der Waals surface area contributed by atoms with Crippen LogP contribution in [0, 0.1) is 0 Å². The minimum atomic E-state index is -3.60. The molecule has 22 heavy (non-hydrogen) atoms. The van der Waals surface area contributed by atoms with Crippen LogP contribution in [0.2, 0.25) is 0 Å². The molecule has 1 heterocycles. The quantitative estimate of drug-likeness (QED) is 0.863. The minimum Gasteiger partial charge on any atom is -0.280 e. The average Bonchev–Trinajstić information content (AvgIpc) is 2.49. The summed E-state index contributed by atoms with van der Waals surface area (Å²) in [6.07, 6.45) is 7.01. The number of hydrogen-bond acceptors (Lipinski definition) is 4. The van der Waals surface area contributed by atoms with Crippen molar-refractivity contribution in [2.45, 2.75) is 17.9 Å². The predicted molar refractivity (Wildman–Crippen MR) is 86.7 cm³/mol. The number of hydrogen-bond donors (Lipinski definition) is 1. The highest BCUT2D eigenvalue weighted by atomic mass is 35.5. The third-order valence-electron chi connectivity index (χ3n) is 3.32. The molecule has 1 aromatic carbocycles. The number of nitrogens with zero attached hydrogens (tertiary/aromatic N) is 2. The lowest BCUT2D eigenvalue weighted by atomic mass is 10.0. The Morgan fingerprint density at radius 2 is 2.00 bits per heavy atom. The molecule has 0 amide bonds. The van der Waals surface area contributed by atoms with Crippen molar-refractivity contribution < 1.29 is 8.42 Å². The van der Waals surface area contributed by atoms with Crippen molar-refractivity contribution in [2.75, 3.05) is 0 Å². The average molecular weight is 336 g/mol. The highest BCUT2D eigenvalue weighted by Gasteiger charge is 2.22. The summed E-state index contributed by atoms with van der Waals surface area (Å²) in [6, 6.07) is 8.11. The van der Waals surface area contributed by atoms with Gasteiger partial charge in [0, 0.05) is 29.2 Å². The molecule has 1 unspecified atom stereocenters. The van der Waals surface area contributed by atoms with Gasteiger partial charge in [0.05, 0.1) is 10.9 Å². The Morgan fingerprint density at radius 1 is 1.27 bits per heavy atom. The number of aliphatic imine (C=N–C) groups is 1. The number of halogens is 1. The summed E-state index contributed by atoms with van der Waals surface area (Å²) in [5.41, 5.74) is 1.31. The Balaban J connectivity index is 1.85. The van der Waals surface area contributed by atoms with Crippen molar-refractivity contribution in [1.82, 2.24) is 9.14 Å². The van der Waals surface area contributed by atoms with E-state index in [0.717, 1.165) is 5.57 Å². The number of rotatable bonds is 3. The fraction of sp³-hybridized carbons (Fsp3) is 0.133. The molecule has 1 aliphatic heterocycles. The van der Waals surface area contributed by atoms with Gasteiger partial charge in [0.2, 0.25) is 0 Å². The fourth-order valence-electron chi connectivity index (χ4n) is 2.21. The van der Waals surface area contributed by atoms with Crippen LogP contribution in [0.4, 0.5) is 0 Å². The normalized spacial score (nSPS) is 20.7. The van der Waals surface area contributed by atoms with Crippen molar-refractivity contribution in [3.05, 3.63) is 66.0 Å². The van der Waals surface area contributed by atoms with E-state index in [2.05, 4.69) is 9.71 Å². The van der Waals surface area contributed by atoms with Crippen LogP contribution in [0.15, 0.2) is 75.9 Å². The monoisotopic (exact) mass is 335 g/mol. The maximum Gasteiger partial charge on any atom is 0.261 e. The van der Waals surface area contributed by atoms with Crippen LogP contribution in [-0.4, -0.2) is 24.7 Å². The third kappa shape index (κ3) is 2.93. The number of fused-ring (bicyclic) bond motifs is 1. The van der Waals surface area contributed by atoms with E-state index in [-0.39, 0.29) is 10.9 Å². The van der Waals surface area contributed by atoms with Crippen molar-refractivity contribution >= 4 is 27.6 Å². The number of amidine groups is 1. The van der Waals surface area contributed by atoms with Gasteiger partial charge >= 0.3 is 0 Å². The van der Waals surface area contributed by atoms with Crippen LogP contribution in [0.1, 0.15) is 6.92 Å². The second-order valence-corrected chi connectivity index (χ2v) is 6.99. The van der Waals surface area contributed by atoms with Crippen molar-refractivity contribution in [3.63, 3.8) is 0 Å². The van der Waals surface area contributed by atoms with Gasteiger partial charge in [-0.3, -0.25) is 9.71 Å². The summed E-state index contributed by atoms with van der Waals surface area (Å²) in [5.74, 6) is 0.696. The molecular weight excluding hydrogens is 322 g/mol. The largest absolute Gasteiger partial charge is 0.280 e. The van der Waals surface area contributed by atoms with Crippen LogP contribution in [-0.2, 0) is 10.0 Å². The molecule has 0 bridgehead atoms. The molecule has 3 rings (SSSR count). The molecule has 1 N–H and O–H groups in total. The fourth-order valence-corrected chi connectivity index (χ4v) is 3.44. The zero-order valence-electron chi connectivity index (χ0n) is 11.8. The molecule has 114 valence electrons. The Labute approximate surface area is 134 Å². The number of nitrogens with one attached hydrogen (secondary N) is 1. The maximum atomic E-state index is 12.3. The number of benzene rings is 1. The van der Waals surface area contributed by atoms with Gasteiger partial charge in [-0.1, -0.05) is 24.3 Å². The van der Waals surface area contributed by atoms with Crippen molar-refractivity contribution in [2.24, 2.45) is 4.99 Å². The lowest BCUT2D eigenvalue weighted by molar-refractivity contribution is 0.589. The van der Waals surface area contributed by atoms with Gasteiger partial charge in [-0.15, -0.1) is 0 Å². The zero-order valence-corrected chi connectivity index (χ0v) is 13.3. The smallest absolute Gasteiger partial charge is 0.261 e. The van der Waals surface area contributed by atoms with E-state index >= 15 is 0 Å². The van der Waals surface area contributed by atoms with Crippen molar-refractivity contribution in [3.8, 4) is 0 Å². The molecule has 5 nitrogen and oxygen atoms in total. The van der Waals surface area contributed by atoms with Crippen LogP contribution in [0.3, 0.4) is 0 Å². The lowest BCUT2D eigenvalue weighted by Gasteiger charge is -2.25. The molecule has 0 saturated heterocycles. The van der Waals surface area contributed by atoms with Crippen LogP contribution >= 0.6 is 11.8 Å². The van der Waals surface area contributed by atoms with Gasteiger partial charge in [0.15, 0.2) is 0 Å². The number of sulfonamides is 1. The molecule has 1 aromatic rings. The molecule has 1 atom stereocenters. The van der Waals surface area contributed by atoms with Gasteiger partial charge < -0.3 is 0 Å². The first-order valence-electron chi connectivity index (χ1n) is 6.64. The summed E-state index contributed by atoms with van der Waals surface area (Å²) in [7, 11) is -3.60. The Bertz CT molecular complexity index is 810. The second-order valence-electron chi connectivity index (χ2n) is 4.94. The Hall–Kier alpha value is -2.05. The molecule has 0 radical (unpaired) electrons. The molecule has 0 fully saturated rings. The second kappa shape index (κ2) is 5.62. The van der Waals surface area contributed by atoms with E-state index in [0.29, 0.717) is 11.5 Å². The van der Waals surface area contributed by atoms with Crippen LogP contribution < -0.4 is 4.72 Å². The third-order valence-corrected chi connectivity index (χ3v) is 5.06. The maximum absolute atomic E-state index is 12.3. The molecular formula is C15H14ClN3O2S. The van der Waals surface area contributed by atoms with Gasteiger partial charge in [-0.25, -0.2) is 12.8 Å². The first kappa shape index (κ1) is 14.9. The lowest BCUT2D eigenvalue weighted by Crippen LogP contribution is -2.27. The number of allylic oxidation sites excluding steroid dienone is 1. The van der Waals surface area contributed by atoms with Gasteiger partial charge in [-0.2, -0.15) is 0 Å². The standard InChI is InChI=1S/C15H14ClN3O2S/c1-11-17-15-8-7-13(9-12(15)10-19(11)16)18-22(20,21)14-5-3-2-4-6-14/h2-10,15,18H,1H3. The summed E-state index contributed by atoms with van der Waals surface area (Å²) in [5, 5.41) is 0. The summed E-state index contributed by atoms with van der Waals surface area (Å²) >= 11 is 6.00. The van der Waals surface area contributed by atoms with E-state index in [9.17, 15) is 8.42 Å². The van der Waals surface area contributed by atoms with Crippen molar-refractivity contribution in [1.29, 1.82) is 0 Å². The molecule has 0 spiro atoms. The highest BCUT2D eigenvalue weighted by molar-refractivity contribution is 7.89. The highest BCUT2D eigenvalue weighted by Crippen LogP contribution is 2.24.